The zero-order chi connectivity index (χ0) is 23.1. The number of benzene rings is 1. The van der Waals surface area contributed by atoms with E-state index in [-0.39, 0.29) is 0 Å². The van der Waals surface area contributed by atoms with Crippen LogP contribution in [0.3, 0.4) is 0 Å². The second kappa shape index (κ2) is 11.2. The highest BCUT2D eigenvalue weighted by Crippen LogP contribution is 2.31. The van der Waals surface area contributed by atoms with Crippen LogP contribution < -0.4 is 15.0 Å². The van der Waals surface area contributed by atoms with Crippen molar-refractivity contribution in [1.82, 2.24) is 19.5 Å². The smallest absolute Gasteiger partial charge is 0.159 e. The predicted octanol–water partition coefficient (Wildman–Crippen LogP) is 5.05. The zero-order valence-electron chi connectivity index (χ0n) is 20.5. The molecule has 174 valence electrons. The molecule has 0 saturated carbocycles. The average molecular weight is 439 g/mol. The van der Waals surface area contributed by atoms with Gasteiger partial charge in [-0.05, 0) is 71.0 Å². The fraction of sp³-hybridized carbons (Fsp3) is 0.520. The third-order valence-electron chi connectivity index (χ3n) is 5.50. The topological polar surface area (TPSA) is 57.9 Å². The lowest BCUT2D eigenvalue weighted by molar-refractivity contribution is 0.281. The van der Waals surface area contributed by atoms with Crippen LogP contribution in [0.2, 0.25) is 0 Å². The highest BCUT2D eigenvalue weighted by Gasteiger charge is 2.18. The van der Waals surface area contributed by atoms with Crippen molar-refractivity contribution in [3.63, 3.8) is 0 Å². The SMILES string of the molecule is CCCN(CCC)c1c(C)c(Nc2ccc(OCCCN(C)C)cc2C)nc2ccnn12. The number of ether oxygens (including phenoxy) is 1. The van der Waals surface area contributed by atoms with E-state index in [2.05, 4.69) is 74.1 Å². The molecular weight excluding hydrogens is 400 g/mol. The Morgan fingerprint density at radius 2 is 1.78 bits per heavy atom. The first-order valence-electron chi connectivity index (χ1n) is 11.7. The van der Waals surface area contributed by atoms with E-state index in [0.29, 0.717) is 0 Å². The van der Waals surface area contributed by atoms with Gasteiger partial charge in [-0.15, -0.1) is 0 Å². The fourth-order valence-corrected chi connectivity index (χ4v) is 3.93. The number of hydrogen-bond donors (Lipinski definition) is 1. The highest BCUT2D eigenvalue weighted by molar-refractivity contribution is 5.71. The fourth-order valence-electron chi connectivity index (χ4n) is 3.93. The summed E-state index contributed by atoms with van der Waals surface area (Å²) in [5.74, 6) is 2.89. The predicted molar refractivity (Wildman–Crippen MR) is 134 cm³/mol. The molecule has 1 N–H and O–H groups in total. The molecule has 0 amide bonds. The van der Waals surface area contributed by atoms with Crippen molar-refractivity contribution < 1.29 is 4.74 Å². The van der Waals surface area contributed by atoms with Crippen molar-refractivity contribution in [2.45, 2.75) is 47.0 Å². The van der Waals surface area contributed by atoms with Gasteiger partial charge in [-0.1, -0.05) is 13.8 Å². The maximum absolute atomic E-state index is 5.93. The Balaban J connectivity index is 1.85. The van der Waals surface area contributed by atoms with Gasteiger partial charge in [0.2, 0.25) is 0 Å². The van der Waals surface area contributed by atoms with Gasteiger partial charge in [0.15, 0.2) is 5.65 Å². The summed E-state index contributed by atoms with van der Waals surface area (Å²) in [6, 6.07) is 8.15. The van der Waals surface area contributed by atoms with Crippen molar-refractivity contribution in [3.05, 3.63) is 41.6 Å². The molecule has 0 fully saturated rings. The molecule has 0 spiro atoms. The number of anilines is 3. The monoisotopic (exact) mass is 438 g/mol. The standard InChI is InChI=1S/C25H38N6O/c1-7-14-30(15-8-2)25-20(4)24(28-23-12-13-26-31(23)25)27-22-11-10-21(18-19(22)3)32-17-9-16-29(5)6/h10-13,18H,7-9,14-17H2,1-6H3,(H,27,28). The summed E-state index contributed by atoms with van der Waals surface area (Å²) in [6.45, 7) is 12.4. The molecule has 0 aliphatic heterocycles. The molecule has 1 aromatic carbocycles. The van der Waals surface area contributed by atoms with Crippen molar-refractivity contribution in [2.75, 3.05) is 50.6 Å². The Morgan fingerprint density at radius 1 is 1.03 bits per heavy atom. The lowest BCUT2D eigenvalue weighted by Gasteiger charge is -2.27. The van der Waals surface area contributed by atoms with Crippen molar-refractivity contribution in [1.29, 1.82) is 0 Å². The lowest BCUT2D eigenvalue weighted by Crippen LogP contribution is -2.28. The van der Waals surface area contributed by atoms with Gasteiger partial charge in [-0.25, -0.2) is 4.98 Å². The van der Waals surface area contributed by atoms with Crippen LogP contribution in [0.5, 0.6) is 5.75 Å². The van der Waals surface area contributed by atoms with Crippen LogP contribution in [-0.4, -0.2) is 59.8 Å². The third-order valence-corrected chi connectivity index (χ3v) is 5.50. The molecule has 7 heteroatoms. The number of nitrogens with one attached hydrogen (secondary N) is 1. The van der Waals surface area contributed by atoms with Crippen LogP contribution in [-0.2, 0) is 0 Å². The summed E-state index contributed by atoms with van der Waals surface area (Å²) in [5, 5.41) is 8.12. The molecule has 3 rings (SSSR count). The lowest BCUT2D eigenvalue weighted by atomic mass is 10.1. The molecule has 0 atom stereocenters. The summed E-state index contributed by atoms with van der Waals surface area (Å²) in [7, 11) is 4.16. The molecule has 0 saturated heterocycles. The first-order valence-corrected chi connectivity index (χ1v) is 11.7. The van der Waals surface area contributed by atoms with E-state index in [1.807, 2.05) is 22.8 Å². The third kappa shape index (κ3) is 5.71. The van der Waals surface area contributed by atoms with E-state index in [0.717, 1.165) is 85.4 Å². The first kappa shape index (κ1) is 23.9. The maximum atomic E-state index is 5.93. The van der Waals surface area contributed by atoms with E-state index in [1.54, 1.807) is 0 Å². The molecule has 3 aromatic rings. The quantitative estimate of drug-likeness (QED) is 0.400. The normalized spacial score (nSPS) is 11.3. The van der Waals surface area contributed by atoms with Crippen LogP contribution in [0, 0.1) is 13.8 Å². The number of nitrogens with zero attached hydrogens (tertiary/aromatic N) is 5. The first-order chi connectivity index (χ1) is 15.4. The zero-order valence-corrected chi connectivity index (χ0v) is 20.5. The molecule has 0 bridgehead atoms. The summed E-state index contributed by atoms with van der Waals surface area (Å²) in [5.41, 5.74) is 4.12. The molecule has 2 heterocycles. The van der Waals surface area contributed by atoms with E-state index in [9.17, 15) is 0 Å². The van der Waals surface area contributed by atoms with Gasteiger partial charge >= 0.3 is 0 Å². The molecule has 7 nitrogen and oxygen atoms in total. The van der Waals surface area contributed by atoms with Gasteiger partial charge in [0.05, 0.1) is 12.8 Å². The molecule has 0 aliphatic rings. The number of fused-ring (bicyclic) bond motifs is 1. The Kier molecular flexibility index (Phi) is 8.33. The second-order valence-corrected chi connectivity index (χ2v) is 8.60. The Labute approximate surface area is 192 Å². The van der Waals surface area contributed by atoms with Crippen LogP contribution in [0.1, 0.15) is 44.2 Å². The van der Waals surface area contributed by atoms with Crippen molar-refractivity contribution in [3.8, 4) is 5.75 Å². The summed E-state index contributed by atoms with van der Waals surface area (Å²) >= 11 is 0. The minimum atomic E-state index is 0.719. The van der Waals surface area contributed by atoms with E-state index >= 15 is 0 Å². The number of rotatable bonds is 12. The number of aromatic nitrogens is 3. The molecule has 0 unspecified atom stereocenters. The van der Waals surface area contributed by atoms with Gasteiger partial charge < -0.3 is 19.9 Å². The molecule has 0 radical (unpaired) electrons. The average Bonchev–Trinajstić information content (AvgIpc) is 3.21. The van der Waals surface area contributed by atoms with Crippen LogP contribution >= 0.6 is 0 Å². The van der Waals surface area contributed by atoms with Crippen LogP contribution in [0.25, 0.3) is 5.65 Å². The minimum absolute atomic E-state index is 0.719. The molecule has 32 heavy (non-hydrogen) atoms. The molecular formula is C25H38N6O. The Bertz CT molecular complexity index is 1010. The van der Waals surface area contributed by atoms with E-state index in [4.69, 9.17) is 9.72 Å². The van der Waals surface area contributed by atoms with Crippen molar-refractivity contribution in [2.24, 2.45) is 0 Å². The van der Waals surface area contributed by atoms with Gasteiger partial charge in [0.1, 0.15) is 17.4 Å². The summed E-state index contributed by atoms with van der Waals surface area (Å²) in [4.78, 5) is 9.45. The highest BCUT2D eigenvalue weighted by atomic mass is 16.5. The number of hydrogen-bond acceptors (Lipinski definition) is 6. The molecule has 2 aromatic heterocycles. The maximum Gasteiger partial charge on any atom is 0.159 e. The number of aryl methyl sites for hydroxylation is 1. The Hall–Kier alpha value is -2.80. The largest absolute Gasteiger partial charge is 0.494 e. The minimum Gasteiger partial charge on any atom is -0.494 e. The van der Waals surface area contributed by atoms with Gasteiger partial charge in [-0.2, -0.15) is 9.61 Å². The van der Waals surface area contributed by atoms with Gasteiger partial charge in [0, 0.05) is 37.0 Å². The van der Waals surface area contributed by atoms with Gasteiger partial charge in [-0.3, -0.25) is 0 Å². The van der Waals surface area contributed by atoms with Crippen LogP contribution in [0.15, 0.2) is 30.5 Å². The van der Waals surface area contributed by atoms with Gasteiger partial charge in [0.25, 0.3) is 0 Å². The Morgan fingerprint density at radius 3 is 2.44 bits per heavy atom. The molecule has 0 aliphatic carbocycles. The van der Waals surface area contributed by atoms with E-state index < -0.39 is 0 Å². The summed E-state index contributed by atoms with van der Waals surface area (Å²) in [6.07, 6.45) is 5.00. The van der Waals surface area contributed by atoms with E-state index in [1.165, 1.54) is 0 Å². The summed E-state index contributed by atoms with van der Waals surface area (Å²) < 4.78 is 7.89. The van der Waals surface area contributed by atoms with Crippen LogP contribution in [0.4, 0.5) is 17.3 Å². The second-order valence-electron chi connectivity index (χ2n) is 8.60. The van der Waals surface area contributed by atoms with Crippen molar-refractivity contribution >= 4 is 23.0 Å².